The molecule has 0 spiro atoms. The third-order valence-corrected chi connectivity index (χ3v) is 3.05. The molecule has 0 aromatic carbocycles. The molecule has 1 aromatic heterocycles. The Morgan fingerprint density at radius 3 is 2.89 bits per heavy atom. The van der Waals surface area contributed by atoms with Crippen molar-refractivity contribution in [1.82, 2.24) is 4.98 Å². The molecule has 0 radical (unpaired) electrons. The first-order valence-corrected chi connectivity index (χ1v) is 6.19. The van der Waals surface area contributed by atoms with Crippen molar-refractivity contribution in [2.75, 3.05) is 12.0 Å². The van der Waals surface area contributed by atoms with Crippen LogP contribution in [0.4, 0.5) is 5.69 Å². The maximum absolute atomic E-state index is 6.19. The average Bonchev–Trinajstić information content (AvgIpc) is 2.38. The fourth-order valence-electron chi connectivity index (χ4n) is 1.94. The molecule has 0 saturated carbocycles. The van der Waals surface area contributed by atoms with Crippen molar-refractivity contribution < 1.29 is 4.74 Å². The summed E-state index contributed by atoms with van der Waals surface area (Å²) in [7, 11) is 1.62. The summed E-state index contributed by atoms with van der Waals surface area (Å²) in [5.41, 5.74) is 0.758. The first-order chi connectivity index (χ1) is 8.65. The minimum Gasteiger partial charge on any atom is -0.494 e. The van der Waals surface area contributed by atoms with Gasteiger partial charge in [0.1, 0.15) is 17.6 Å². The summed E-state index contributed by atoms with van der Waals surface area (Å²) < 4.78 is 5.36. The van der Waals surface area contributed by atoms with Crippen LogP contribution in [0.1, 0.15) is 13.8 Å². The van der Waals surface area contributed by atoms with E-state index in [-0.39, 0.29) is 6.17 Å². The minimum absolute atomic E-state index is 0.00519. The molecule has 1 aliphatic heterocycles. The van der Waals surface area contributed by atoms with Gasteiger partial charge in [-0.1, -0.05) is 25.4 Å². The van der Waals surface area contributed by atoms with E-state index in [1.54, 1.807) is 25.6 Å². The molecule has 18 heavy (non-hydrogen) atoms. The standard InChI is InChI=1S/C13H16ClN3O/c1-9(2)13-16-6-4-8-17(13)11-10(18-3)5-7-15-12(11)14/h4-9,13H,1-3H3. The van der Waals surface area contributed by atoms with Crippen LogP contribution in [0, 0.1) is 5.92 Å². The largest absolute Gasteiger partial charge is 0.494 e. The van der Waals surface area contributed by atoms with E-state index in [1.807, 2.05) is 17.2 Å². The Balaban J connectivity index is 2.47. The molecule has 0 bridgehead atoms. The molecule has 4 nitrogen and oxygen atoms in total. The monoisotopic (exact) mass is 265 g/mol. The number of anilines is 1. The Morgan fingerprint density at radius 1 is 1.44 bits per heavy atom. The lowest BCUT2D eigenvalue weighted by Crippen LogP contribution is -2.35. The number of hydrogen-bond donors (Lipinski definition) is 0. The van der Waals surface area contributed by atoms with Gasteiger partial charge in [-0.05, 0) is 12.0 Å². The quantitative estimate of drug-likeness (QED) is 0.788. The molecule has 1 atom stereocenters. The summed E-state index contributed by atoms with van der Waals surface area (Å²) in [5, 5.41) is 0.418. The van der Waals surface area contributed by atoms with E-state index in [0.717, 1.165) is 5.69 Å². The van der Waals surface area contributed by atoms with E-state index in [0.29, 0.717) is 16.8 Å². The van der Waals surface area contributed by atoms with E-state index in [9.17, 15) is 0 Å². The van der Waals surface area contributed by atoms with E-state index in [1.165, 1.54) is 0 Å². The fourth-order valence-corrected chi connectivity index (χ4v) is 2.19. The molecule has 1 aliphatic rings. The summed E-state index contributed by atoms with van der Waals surface area (Å²) in [6, 6.07) is 1.80. The maximum Gasteiger partial charge on any atom is 0.156 e. The molecule has 2 heterocycles. The second-order valence-corrected chi connectivity index (χ2v) is 4.72. The zero-order valence-electron chi connectivity index (χ0n) is 10.7. The van der Waals surface area contributed by atoms with Crippen molar-refractivity contribution in [1.29, 1.82) is 0 Å². The lowest BCUT2D eigenvalue weighted by molar-refractivity contribution is 0.410. The smallest absolute Gasteiger partial charge is 0.156 e. The summed E-state index contributed by atoms with van der Waals surface area (Å²) in [6.07, 6.45) is 7.26. The number of methoxy groups -OCH3 is 1. The highest BCUT2D eigenvalue weighted by Crippen LogP contribution is 2.37. The first-order valence-electron chi connectivity index (χ1n) is 5.82. The van der Waals surface area contributed by atoms with Gasteiger partial charge in [0.15, 0.2) is 5.15 Å². The van der Waals surface area contributed by atoms with Crippen LogP contribution in [-0.4, -0.2) is 24.5 Å². The van der Waals surface area contributed by atoms with Crippen LogP contribution < -0.4 is 9.64 Å². The number of halogens is 1. The maximum atomic E-state index is 6.19. The molecule has 0 saturated heterocycles. The van der Waals surface area contributed by atoms with Gasteiger partial charge in [-0.2, -0.15) is 0 Å². The SMILES string of the molecule is COc1ccnc(Cl)c1N1C=CC=NC1C(C)C. The highest BCUT2D eigenvalue weighted by atomic mass is 35.5. The van der Waals surface area contributed by atoms with Crippen LogP contribution in [0.2, 0.25) is 5.15 Å². The molecule has 2 rings (SSSR count). The van der Waals surface area contributed by atoms with Gasteiger partial charge in [-0.3, -0.25) is 4.99 Å². The van der Waals surface area contributed by atoms with Crippen LogP contribution in [0.3, 0.4) is 0 Å². The molecule has 0 aliphatic carbocycles. The third kappa shape index (κ3) is 2.34. The van der Waals surface area contributed by atoms with E-state index < -0.39 is 0 Å². The van der Waals surface area contributed by atoms with Crippen LogP contribution in [0.25, 0.3) is 0 Å². The normalized spacial score (nSPS) is 18.5. The highest BCUT2D eigenvalue weighted by Gasteiger charge is 2.25. The number of allylic oxidation sites excluding steroid dienone is 1. The molecule has 96 valence electrons. The van der Waals surface area contributed by atoms with Gasteiger partial charge in [-0.15, -0.1) is 0 Å². The van der Waals surface area contributed by atoms with Gasteiger partial charge in [0.25, 0.3) is 0 Å². The number of nitrogens with zero attached hydrogens (tertiary/aromatic N) is 3. The van der Waals surface area contributed by atoms with Gasteiger partial charge < -0.3 is 9.64 Å². The lowest BCUT2D eigenvalue weighted by atomic mass is 10.1. The van der Waals surface area contributed by atoms with Crippen molar-refractivity contribution in [2.24, 2.45) is 10.9 Å². The van der Waals surface area contributed by atoms with E-state index in [2.05, 4.69) is 23.8 Å². The molecule has 1 unspecified atom stereocenters. The Labute approximate surface area is 112 Å². The summed E-state index contributed by atoms with van der Waals surface area (Å²) in [6.45, 7) is 4.23. The predicted molar refractivity (Wildman–Crippen MR) is 74.5 cm³/mol. The summed E-state index contributed by atoms with van der Waals surface area (Å²) in [4.78, 5) is 10.6. The predicted octanol–water partition coefficient (Wildman–Crippen LogP) is 3.13. The second kappa shape index (κ2) is 5.40. The van der Waals surface area contributed by atoms with Crippen LogP contribution in [0.15, 0.2) is 29.5 Å². The molecule has 0 amide bonds. The minimum atomic E-state index is 0.00519. The molecule has 0 N–H and O–H groups in total. The van der Waals surface area contributed by atoms with Crippen molar-refractivity contribution >= 4 is 23.5 Å². The first kappa shape index (κ1) is 12.9. The molecular weight excluding hydrogens is 250 g/mol. The lowest BCUT2D eigenvalue weighted by Gasteiger charge is -2.33. The third-order valence-electron chi connectivity index (χ3n) is 2.77. The molecule has 1 aromatic rings. The topological polar surface area (TPSA) is 37.7 Å². The average molecular weight is 266 g/mol. The van der Waals surface area contributed by atoms with Gasteiger partial charge >= 0.3 is 0 Å². The van der Waals surface area contributed by atoms with Crippen molar-refractivity contribution in [3.63, 3.8) is 0 Å². The number of aromatic nitrogens is 1. The summed E-state index contributed by atoms with van der Waals surface area (Å²) in [5.74, 6) is 1.05. The summed E-state index contributed by atoms with van der Waals surface area (Å²) >= 11 is 6.19. The zero-order valence-corrected chi connectivity index (χ0v) is 11.4. The number of ether oxygens (including phenoxy) is 1. The Bertz CT molecular complexity index is 485. The van der Waals surface area contributed by atoms with Gasteiger partial charge in [-0.25, -0.2) is 4.98 Å². The van der Waals surface area contributed by atoms with E-state index >= 15 is 0 Å². The molecule has 0 fully saturated rings. The van der Waals surface area contributed by atoms with Crippen LogP contribution in [-0.2, 0) is 0 Å². The number of rotatable bonds is 3. The molecular formula is C13H16ClN3O. The zero-order chi connectivity index (χ0) is 13.1. The fraction of sp³-hybridized carbons (Fsp3) is 0.385. The second-order valence-electron chi connectivity index (χ2n) is 4.36. The van der Waals surface area contributed by atoms with Crippen molar-refractivity contribution in [3.8, 4) is 5.75 Å². The van der Waals surface area contributed by atoms with E-state index in [4.69, 9.17) is 16.3 Å². The van der Waals surface area contributed by atoms with Crippen LogP contribution >= 0.6 is 11.6 Å². The number of pyridine rings is 1. The van der Waals surface area contributed by atoms with Crippen molar-refractivity contribution in [2.45, 2.75) is 20.0 Å². The van der Waals surface area contributed by atoms with Crippen LogP contribution in [0.5, 0.6) is 5.75 Å². The van der Waals surface area contributed by atoms with Crippen molar-refractivity contribution in [3.05, 3.63) is 29.7 Å². The van der Waals surface area contributed by atoms with Gasteiger partial charge in [0, 0.05) is 24.7 Å². The Morgan fingerprint density at radius 2 is 2.22 bits per heavy atom. The molecule has 5 heteroatoms. The number of aliphatic imine (C=N–C) groups is 1. The highest BCUT2D eigenvalue weighted by molar-refractivity contribution is 6.32. The Kier molecular flexibility index (Phi) is 3.87. The van der Waals surface area contributed by atoms with Gasteiger partial charge in [0.05, 0.1) is 7.11 Å². The Hall–Kier alpha value is -1.55. The van der Waals surface area contributed by atoms with Gasteiger partial charge in [0.2, 0.25) is 0 Å². The number of hydrogen-bond acceptors (Lipinski definition) is 4.